The van der Waals surface area contributed by atoms with Gasteiger partial charge in [0.1, 0.15) is 17.4 Å². The van der Waals surface area contributed by atoms with Gasteiger partial charge in [0.2, 0.25) is 0 Å². The molecule has 0 fully saturated rings. The number of nitrogens with one attached hydrogen (secondary N) is 1. The third kappa shape index (κ3) is 5.96. The lowest BCUT2D eigenvalue weighted by molar-refractivity contribution is -0.150. The SMILES string of the molecule is C[C@@H](OC(=O)/C(C#N)=C/c1ccco1)C(=O)NCCC1=CCCCC1. The average molecular weight is 342 g/mol. The van der Waals surface area contributed by atoms with Crippen LogP contribution in [0.3, 0.4) is 0 Å². The van der Waals surface area contributed by atoms with E-state index in [1.54, 1.807) is 18.2 Å². The van der Waals surface area contributed by atoms with Gasteiger partial charge in [0, 0.05) is 12.6 Å². The summed E-state index contributed by atoms with van der Waals surface area (Å²) in [6.07, 6.45) is 9.42. The van der Waals surface area contributed by atoms with Crippen LogP contribution < -0.4 is 5.32 Å². The molecule has 0 aromatic carbocycles. The number of carbonyl (C=O) groups excluding carboxylic acids is 2. The minimum absolute atomic E-state index is 0.220. The zero-order chi connectivity index (χ0) is 18.1. The molecule has 0 spiro atoms. The Morgan fingerprint density at radius 3 is 2.96 bits per heavy atom. The highest BCUT2D eigenvalue weighted by atomic mass is 16.5. The van der Waals surface area contributed by atoms with Crippen LogP contribution in [-0.4, -0.2) is 24.5 Å². The standard InChI is InChI=1S/C19H22N2O4/c1-14(18(22)21-10-9-15-6-3-2-4-7-15)25-19(23)16(13-20)12-17-8-5-11-24-17/h5-6,8,11-12,14H,2-4,7,9-10H2,1H3,(H,21,22)/b16-12+/t14-/m1/s1. The first kappa shape index (κ1) is 18.5. The third-order valence-electron chi connectivity index (χ3n) is 3.95. The first-order valence-corrected chi connectivity index (χ1v) is 8.42. The predicted molar refractivity (Wildman–Crippen MR) is 92.0 cm³/mol. The van der Waals surface area contributed by atoms with Gasteiger partial charge in [-0.2, -0.15) is 5.26 Å². The molecule has 1 aliphatic carbocycles. The van der Waals surface area contributed by atoms with E-state index in [1.807, 2.05) is 0 Å². The van der Waals surface area contributed by atoms with E-state index >= 15 is 0 Å². The Morgan fingerprint density at radius 2 is 2.32 bits per heavy atom. The van der Waals surface area contributed by atoms with Gasteiger partial charge in [0.05, 0.1) is 6.26 Å². The largest absolute Gasteiger partial charge is 0.465 e. The van der Waals surface area contributed by atoms with Crippen molar-refractivity contribution in [3.05, 3.63) is 41.4 Å². The van der Waals surface area contributed by atoms with Crippen LogP contribution in [0.4, 0.5) is 0 Å². The first-order valence-electron chi connectivity index (χ1n) is 8.42. The van der Waals surface area contributed by atoms with E-state index in [4.69, 9.17) is 14.4 Å². The van der Waals surface area contributed by atoms with Crippen LogP contribution in [0.25, 0.3) is 6.08 Å². The van der Waals surface area contributed by atoms with Crippen molar-refractivity contribution in [1.82, 2.24) is 5.32 Å². The first-order chi connectivity index (χ1) is 12.1. The summed E-state index contributed by atoms with van der Waals surface area (Å²) in [5.41, 5.74) is 1.14. The van der Waals surface area contributed by atoms with Crippen LogP contribution >= 0.6 is 0 Å². The van der Waals surface area contributed by atoms with Crippen molar-refractivity contribution in [2.24, 2.45) is 0 Å². The number of ether oxygens (including phenoxy) is 1. The van der Waals surface area contributed by atoms with Crippen LogP contribution in [0, 0.1) is 11.3 Å². The smallest absolute Gasteiger partial charge is 0.349 e. The van der Waals surface area contributed by atoms with Crippen molar-refractivity contribution in [2.75, 3.05) is 6.54 Å². The van der Waals surface area contributed by atoms with Gasteiger partial charge in [-0.3, -0.25) is 4.79 Å². The fraction of sp³-hybridized carbons (Fsp3) is 0.421. The zero-order valence-electron chi connectivity index (χ0n) is 14.3. The van der Waals surface area contributed by atoms with Crippen LogP contribution in [0.1, 0.15) is 44.8 Å². The summed E-state index contributed by atoms with van der Waals surface area (Å²) in [6.45, 7) is 1.99. The van der Waals surface area contributed by atoms with Crippen molar-refractivity contribution < 1.29 is 18.7 Å². The molecule has 132 valence electrons. The second-order valence-electron chi connectivity index (χ2n) is 5.88. The molecule has 2 rings (SSSR count). The van der Waals surface area contributed by atoms with Gasteiger partial charge >= 0.3 is 5.97 Å². The fourth-order valence-electron chi connectivity index (χ4n) is 2.55. The number of furan rings is 1. The van der Waals surface area contributed by atoms with Gasteiger partial charge in [0.15, 0.2) is 6.10 Å². The van der Waals surface area contributed by atoms with Gasteiger partial charge in [-0.05, 0) is 51.2 Å². The number of rotatable bonds is 7. The highest BCUT2D eigenvalue weighted by molar-refractivity contribution is 5.98. The van der Waals surface area contributed by atoms with E-state index < -0.39 is 12.1 Å². The van der Waals surface area contributed by atoms with Gasteiger partial charge < -0.3 is 14.5 Å². The summed E-state index contributed by atoms with van der Waals surface area (Å²) < 4.78 is 10.1. The minimum atomic E-state index is -0.971. The lowest BCUT2D eigenvalue weighted by Crippen LogP contribution is -2.36. The maximum absolute atomic E-state index is 12.0. The number of hydrogen-bond acceptors (Lipinski definition) is 5. The Hall–Kier alpha value is -2.81. The number of esters is 1. The molecule has 0 saturated heterocycles. The second-order valence-corrected chi connectivity index (χ2v) is 5.88. The fourth-order valence-corrected chi connectivity index (χ4v) is 2.55. The summed E-state index contributed by atoms with van der Waals surface area (Å²) >= 11 is 0. The Labute approximate surface area is 147 Å². The maximum atomic E-state index is 12.0. The summed E-state index contributed by atoms with van der Waals surface area (Å²) in [5, 5.41) is 11.8. The molecule has 25 heavy (non-hydrogen) atoms. The van der Waals surface area contributed by atoms with E-state index in [9.17, 15) is 9.59 Å². The minimum Gasteiger partial charge on any atom is -0.465 e. The van der Waals surface area contributed by atoms with Gasteiger partial charge in [0.25, 0.3) is 5.91 Å². The van der Waals surface area contributed by atoms with Gasteiger partial charge in [-0.25, -0.2) is 4.79 Å². The number of allylic oxidation sites excluding steroid dienone is 1. The summed E-state index contributed by atoms with van der Waals surface area (Å²) in [7, 11) is 0. The average Bonchev–Trinajstić information content (AvgIpc) is 3.13. The lowest BCUT2D eigenvalue weighted by Gasteiger charge is -2.15. The molecular weight excluding hydrogens is 320 g/mol. The molecule has 0 bridgehead atoms. The van der Waals surface area contributed by atoms with Crippen molar-refractivity contribution in [3.63, 3.8) is 0 Å². The summed E-state index contributed by atoms with van der Waals surface area (Å²) in [5.74, 6) is -0.858. The van der Waals surface area contributed by atoms with Crippen molar-refractivity contribution in [1.29, 1.82) is 5.26 Å². The molecule has 1 heterocycles. The molecule has 1 aliphatic rings. The highest BCUT2D eigenvalue weighted by Gasteiger charge is 2.20. The molecule has 0 aliphatic heterocycles. The van der Waals surface area contributed by atoms with Crippen molar-refractivity contribution in [2.45, 2.75) is 45.1 Å². The zero-order valence-corrected chi connectivity index (χ0v) is 14.3. The molecule has 1 amide bonds. The predicted octanol–water partition coefficient (Wildman–Crippen LogP) is 3.12. The quantitative estimate of drug-likeness (QED) is 0.356. The Morgan fingerprint density at radius 1 is 1.48 bits per heavy atom. The summed E-state index contributed by atoms with van der Waals surface area (Å²) in [6, 6.07) is 5.01. The molecule has 0 saturated carbocycles. The number of nitrogens with zero attached hydrogens (tertiary/aromatic N) is 1. The molecule has 1 aromatic rings. The van der Waals surface area contributed by atoms with Crippen LogP contribution in [-0.2, 0) is 14.3 Å². The summed E-state index contributed by atoms with van der Waals surface area (Å²) in [4.78, 5) is 24.0. The number of hydrogen-bond donors (Lipinski definition) is 1. The maximum Gasteiger partial charge on any atom is 0.349 e. The second kappa shape index (κ2) is 9.48. The third-order valence-corrected chi connectivity index (χ3v) is 3.95. The molecule has 0 radical (unpaired) electrons. The molecule has 1 aromatic heterocycles. The van der Waals surface area contributed by atoms with Crippen molar-refractivity contribution >= 4 is 18.0 Å². The lowest BCUT2D eigenvalue weighted by atomic mass is 9.97. The Kier molecular flexibility index (Phi) is 7.02. The van der Waals surface area contributed by atoms with Gasteiger partial charge in [-0.1, -0.05) is 11.6 Å². The monoisotopic (exact) mass is 342 g/mol. The molecule has 6 heteroatoms. The molecule has 0 unspecified atom stereocenters. The number of nitriles is 1. The van der Waals surface area contributed by atoms with E-state index in [0.29, 0.717) is 12.3 Å². The highest BCUT2D eigenvalue weighted by Crippen LogP contribution is 2.19. The molecule has 1 atom stereocenters. The number of amides is 1. The Bertz CT molecular complexity index is 696. The molecular formula is C19H22N2O4. The topological polar surface area (TPSA) is 92.3 Å². The van der Waals surface area contributed by atoms with Crippen LogP contribution in [0.15, 0.2) is 40.0 Å². The molecule has 6 nitrogen and oxygen atoms in total. The van der Waals surface area contributed by atoms with Gasteiger partial charge in [-0.15, -0.1) is 0 Å². The van der Waals surface area contributed by atoms with E-state index in [0.717, 1.165) is 19.3 Å². The normalized spacial score (nSPS) is 15.7. The van der Waals surface area contributed by atoms with E-state index in [1.165, 1.54) is 37.7 Å². The molecule has 1 N–H and O–H groups in total. The Balaban J connectivity index is 1.80. The van der Waals surface area contributed by atoms with Crippen LogP contribution in [0.5, 0.6) is 0 Å². The van der Waals surface area contributed by atoms with E-state index in [-0.39, 0.29) is 11.5 Å². The number of carbonyl (C=O) groups is 2. The van der Waals surface area contributed by atoms with E-state index in [2.05, 4.69) is 11.4 Å². The van der Waals surface area contributed by atoms with Crippen molar-refractivity contribution in [3.8, 4) is 6.07 Å². The van der Waals surface area contributed by atoms with Crippen LogP contribution in [0.2, 0.25) is 0 Å².